The van der Waals surface area contributed by atoms with Gasteiger partial charge in [-0.3, -0.25) is 10.2 Å². The van der Waals surface area contributed by atoms with Gasteiger partial charge in [0.15, 0.2) is 0 Å². The van der Waals surface area contributed by atoms with Crippen LogP contribution < -0.4 is 5.32 Å². The van der Waals surface area contributed by atoms with Crippen LogP contribution in [0.25, 0.3) is 0 Å². The first-order valence-electron chi connectivity index (χ1n) is 6.00. The molecular weight excluding hydrogens is 308 g/mol. The summed E-state index contributed by atoms with van der Waals surface area (Å²) in [5.74, 6) is -3.87. The topological polar surface area (TPSA) is 90.2 Å². The lowest BCUT2D eigenvalue weighted by molar-refractivity contribution is -0.140. The zero-order valence-corrected chi connectivity index (χ0v) is 11.3. The fourth-order valence-corrected chi connectivity index (χ4v) is 1.64. The molecule has 1 aromatic rings. The molecule has 0 bridgehead atoms. The smallest absolute Gasteiger partial charge is 0.419 e. The predicted molar refractivity (Wildman–Crippen MR) is 68.3 cm³/mol. The highest BCUT2D eigenvalue weighted by molar-refractivity contribution is 6.34. The number of carbonyl (C=O) groups is 2. The van der Waals surface area contributed by atoms with Gasteiger partial charge in [0.2, 0.25) is 0 Å². The Labute approximate surface area is 122 Å². The van der Waals surface area contributed by atoms with Crippen LogP contribution in [0.1, 0.15) is 29.3 Å². The van der Waals surface area contributed by atoms with Crippen molar-refractivity contribution in [3.63, 3.8) is 0 Å². The number of carboxylic acids is 1. The number of aliphatic carboxylic acids is 1. The molecular formula is C13H12F4N2O3. The quantitative estimate of drug-likeness (QED) is 0.575. The number of halogens is 4. The van der Waals surface area contributed by atoms with Gasteiger partial charge in [-0.1, -0.05) is 0 Å². The Morgan fingerprint density at radius 3 is 2.45 bits per heavy atom. The van der Waals surface area contributed by atoms with Gasteiger partial charge in [0.25, 0.3) is 5.91 Å². The van der Waals surface area contributed by atoms with E-state index in [9.17, 15) is 27.2 Å². The van der Waals surface area contributed by atoms with E-state index in [2.05, 4.69) is 5.32 Å². The van der Waals surface area contributed by atoms with Crippen molar-refractivity contribution in [2.75, 3.05) is 0 Å². The average molecular weight is 320 g/mol. The van der Waals surface area contributed by atoms with Crippen LogP contribution in [-0.4, -0.2) is 28.7 Å². The summed E-state index contributed by atoms with van der Waals surface area (Å²) < 4.78 is 50.8. The lowest BCUT2D eigenvalue weighted by Gasteiger charge is -2.14. The van der Waals surface area contributed by atoms with Crippen molar-refractivity contribution in [2.45, 2.75) is 25.6 Å². The molecule has 0 fully saturated rings. The fourth-order valence-electron chi connectivity index (χ4n) is 1.64. The van der Waals surface area contributed by atoms with Crippen LogP contribution in [0.5, 0.6) is 0 Å². The van der Waals surface area contributed by atoms with E-state index in [4.69, 9.17) is 10.5 Å². The van der Waals surface area contributed by atoms with Crippen LogP contribution in [0.3, 0.4) is 0 Å². The highest BCUT2D eigenvalue weighted by Crippen LogP contribution is 2.31. The summed E-state index contributed by atoms with van der Waals surface area (Å²) in [6, 6.07) is 1.01. The Kier molecular flexibility index (Phi) is 5.23. The van der Waals surface area contributed by atoms with Gasteiger partial charge < -0.3 is 10.4 Å². The minimum Gasteiger partial charge on any atom is -0.477 e. The van der Waals surface area contributed by atoms with E-state index in [1.54, 1.807) is 0 Å². The molecule has 5 nitrogen and oxygen atoms in total. The second kappa shape index (κ2) is 6.54. The Hall–Kier alpha value is -2.45. The Bertz CT molecular complexity index is 614. The molecule has 0 spiro atoms. The van der Waals surface area contributed by atoms with Gasteiger partial charge in [-0.05, 0) is 25.1 Å². The van der Waals surface area contributed by atoms with Gasteiger partial charge >= 0.3 is 12.1 Å². The third kappa shape index (κ3) is 4.54. The molecule has 0 aliphatic rings. The van der Waals surface area contributed by atoms with E-state index in [-0.39, 0.29) is 6.42 Å². The van der Waals surface area contributed by atoms with Crippen molar-refractivity contribution >= 4 is 17.6 Å². The summed E-state index contributed by atoms with van der Waals surface area (Å²) in [7, 11) is 0. The highest BCUT2D eigenvalue weighted by atomic mass is 19.4. The largest absolute Gasteiger partial charge is 0.477 e. The van der Waals surface area contributed by atoms with Crippen LogP contribution in [0.4, 0.5) is 17.6 Å². The van der Waals surface area contributed by atoms with Crippen LogP contribution in [0.15, 0.2) is 18.2 Å². The van der Waals surface area contributed by atoms with Crippen molar-refractivity contribution in [3.8, 4) is 0 Å². The lowest BCUT2D eigenvalue weighted by Crippen LogP contribution is -2.35. The number of amides is 1. The van der Waals surface area contributed by atoms with E-state index in [1.807, 2.05) is 0 Å². The summed E-state index contributed by atoms with van der Waals surface area (Å²) in [5, 5.41) is 17.9. The van der Waals surface area contributed by atoms with Gasteiger partial charge in [0.05, 0.1) is 5.56 Å². The number of carbonyl (C=O) groups excluding carboxylic acids is 1. The number of hydrogen-bond donors (Lipinski definition) is 3. The van der Waals surface area contributed by atoms with Crippen LogP contribution in [-0.2, 0) is 11.0 Å². The van der Waals surface area contributed by atoms with E-state index >= 15 is 0 Å². The molecule has 1 rings (SSSR count). The number of alkyl halides is 3. The van der Waals surface area contributed by atoms with E-state index < -0.39 is 46.8 Å². The first-order chi connectivity index (χ1) is 10.0. The third-order valence-electron chi connectivity index (χ3n) is 2.68. The number of rotatable bonds is 5. The van der Waals surface area contributed by atoms with Crippen molar-refractivity contribution < 1.29 is 32.3 Å². The number of nitrogens with one attached hydrogen (secondary N) is 2. The minimum atomic E-state index is -4.93. The zero-order chi connectivity index (χ0) is 17.1. The Morgan fingerprint density at radius 1 is 1.36 bits per heavy atom. The normalized spacial score (nSPS) is 12.6. The number of carboxylic acid groups (broad SMARTS) is 1. The van der Waals surface area contributed by atoms with Gasteiger partial charge in [-0.2, -0.15) is 13.2 Å². The Balaban J connectivity index is 2.86. The molecule has 3 N–H and O–H groups in total. The predicted octanol–water partition coefficient (Wildman–Crippen LogP) is 2.46. The molecule has 9 heteroatoms. The van der Waals surface area contributed by atoms with Gasteiger partial charge in [0.1, 0.15) is 11.5 Å². The maximum atomic E-state index is 13.1. The molecule has 1 amide bonds. The van der Waals surface area contributed by atoms with Crippen LogP contribution >= 0.6 is 0 Å². The first kappa shape index (κ1) is 17.6. The second-order valence-electron chi connectivity index (χ2n) is 4.55. The highest BCUT2D eigenvalue weighted by Gasteiger charge is 2.34. The van der Waals surface area contributed by atoms with Gasteiger partial charge in [0, 0.05) is 18.0 Å². The molecule has 0 saturated heterocycles. The molecule has 1 aromatic carbocycles. The summed E-state index contributed by atoms with van der Waals surface area (Å²) in [4.78, 5) is 22.3. The summed E-state index contributed by atoms with van der Waals surface area (Å²) in [6.07, 6.45) is -5.23. The van der Waals surface area contributed by atoms with Crippen molar-refractivity contribution in [3.05, 3.63) is 35.1 Å². The molecule has 1 atom stereocenters. The van der Waals surface area contributed by atoms with Gasteiger partial charge in [-0.15, -0.1) is 0 Å². The summed E-state index contributed by atoms with van der Waals surface area (Å²) in [5.41, 5.74) is -2.63. The standard InChI is InChI=1S/C13H12F4N2O3/c1-6(4-10(18)12(21)22)19-11(20)7-2-3-9(14)8(5-7)13(15,16)17/h2-3,5-6,18H,4H2,1H3,(H,19,20)(H,21,22)/t6-/m0/s1. The van der Waals surface area contributed by atoms with Gasteiger partial charge in [-0.25, -0.2) is 9.18 Å². The summed E-state index contributed by atoms with van der Waals surface area (Å²) in [6.45, 7) is 1.39. The van der Waals surface area contributed by atoms with Crippen LogP contribution in [0.2, 0.25) is 0 Å². The second-order valence-corrected chi connectivity index (χ2v) is 4.55. The van der Waals surface area contributed by atoms with Crippen molar-refractivity contribution in [1.82, 2.24) is 5.32 Å². The molecule has 0 aromatic heterocycles. The van der Waals surface area contributed by atoms with E-state index in [0.717, 1.165) is 6.07 Å². The molecule has 0 saturated carbocycles. The van der Waals surface area contributed by atoms with Crippen LogP contribution in [0, 0.1) is 11.2 Å². The Morgan fingerprint density at radius 2 is 1.95 bits per heavy atom. The van der Waals surface area contributed by atoms with Crippen molar-refractivity contribution in [2.24, 2.45) is 0 Å². The average Bonchev–Trinajstić information content (AvgIpc) is 2.37. The molecule has 0 aliphatic carbocycles. The minimum absolute atomic E-state index is 0.297. The maximum absolute atomic E-state index is 13.1. The monoisotopic (exact) mass is 320 g/mol. The van der Waals surface area contributed by atoms with E-state index in [0.29, 0.717) is 12.1 Å². The molecule has 0 heterocycles. The first-order valence-corrected chi connectivity index (χ1v) is 6.00. The molecule has 22 heavy (non-hydrogen) atoms. The molecule has 0 unspecified atom stereocenters. The summed E-state index contributed by atoms with van der Waals surface area (Å²) >= 11 is 0. The number of benzene rings is 1. The maximum Gasteiger partial charge on any atom is 0.419 e. The molecule has 0 radical (unpaired) electrons. The zero-order valence-electron chi connectivity index (χ0n) is 11.3. The van der Waals surface area contributed by atoms with E-state index in [1.165, 1.54) is 6.92 Å². The molecule has 120 valence electrons. The number of hydrogen-bond acceptors (Lipinski definition) is 3. The lowest BCUT2D eigenvalue weighted by atomic mass is 10.1. The SMILES string of the molecule is C[C@@H](CC(=N)C(=O)O)NC(=O)c1ccc(F)c(C(F)(F)F)c1. The third-order valence-corrected chi connectivity index (χ3v) is 2.68. The fraction of sp³-hybridized carbons (Fsp3) is 0.308. The molecule has 0 aliphatic heterocycles. The van der Waals surface area contributed by atoms with Crippen molar-refractivity contribution in [1.29, 1.82) is 5.41 Å².